The first-order valence-electron chi connectivity index (χ1n) is 4.03. The molecule has 2 rings (SSSR count). The number of aliphatic hydroxyl groups excluding tert-OH is 1. The fourth-order valence-electron chi connectivity index (χ4n) is 1.70. The predicted molar refractivity (Wildman–Crippen MR) is 40.2 cm³/mol. The summed E-state index contributed by atoms with van der Waals surface area (Å²) in [4.78, 5) is 2.18. The van der Waals surface area contributed by atoms with E-state index in [1.165, 1.54) is 0 Å². The topological polar surface area (TPSA) is 58.7 Å². The van der Waals surface area contributed by atoms with Gasteiger partial charge in [0.1, 0.15) is 0 Å². The van der Waals surface area contributed by atoms with Gasteiger partial charge in [0.2, 0.25) is 0 Å². The van der Waals surface area contributed by atoms with Crippen molar-refractivity contribution in [1.82, 2.24) is 4.90 Å². The highest BCUT2D eigenvalue weighted by molar-refractivity contribution is 4.93. The number of hydrogen-bond acceptors (Lipinski definition) is 4. The third-order valence-corrected chi connectivity index (χ3v) is 2.43. The van der Waals surface area contributed by atoms with Crippen molar-refractivity contribution in [3.8, 4) is 0 Å². The first-order chi connectivity index (χ1) is 5.27. The van der Waals surface area contributed by atoms with Gasteiger partial charge in [-0.1, -0.05) is 0 Å². The fourth-order valence-corrected chi connectivity index (χ4v) is 1.70. The minimum atomic E-state index is -0.303. The molecule has 4 heteroatoms. The highest BCUT2D eigenvalue weighted by atomic mass is 16.5. The lowest BCUT2D eigenvalue weighted by Crippen LogP contribution is -2.61. The average Bonchev–Trinajstić information content (AvgIpc) is 2.29. The largest absolute Gasteiger partial charge is 0.389 e. The van der Waals surface area contributed by atoms with E-state index in [1.54, 1.807) is 0 Å². The molecular formula is C7H14N2O2. The Kier molecular flexibility index (Phi) is 1.85. The van der Waals surface area contributed by atoms with E-state index in [4.69, 9.17) is 10.5 Å². The van der Waals surface area contributed by atoms with Crippen LogP contribution in [0.4, 0.5) is 0 Å². The van der Waals surface area contributed by atoms with Crippen LogP contribution in [0.3, 0.4) is 0 Å². The summed E-state index contributed by atoms with van der Waals surface area (Å²) in [6, 6.07) is 0.512. The predicted octanol–water partition coefficient (Wildman–Crippen LogP) is -1.61. The zero-order chi connectivity index (χ0) is 7.84. The van der Waals surface area contributed by atoms with Gasteiger partial charge in [-0.05, 0) is 0 Å². The van der Waals surface area contributed by atoms with Crippen molar-refractivity contribution in [2.75, 3.05) is 26.3 Å². The van der Waals surface area contributed by atoms with Gasteiger partial charge in [0, 0.05) is 19.1 Å². The van der Waals surface area contributed by atoms with Crippen LogP contribution in [-0.2, 0) is 4.74 Å². The Hall–Kier alpha value is -0.160. The Morgan fingerprint density at radius 3 is 2.55 bits per heavy atom. The van der Waals surface area contributed by atoms with Crippen LogP contribution < -0.4 is 5.73 Å². The average molecular weight is 158 g/mol. The molecule has 0 amide bonds. The molecule has 2 aliphatic heterocycles. The summed E-state index contributed by atoms with van der Waals surface area (Å²) in [6.07, 6.45) is -0.303. The maximum Gasteiger partial charge on any atom is 0.0950 e. The van der Waals surface area contributed by atoms with Gasteiger partial charge in [0.15, 0.2) is 0 Å². The molecule has 2 heterocycles. The van der Waals surface area contributed by atoms with E-state index in [2.05, 4.69) is 4.90 Å². The Bertz CT molecular complexity index is 147. The van der Waals surface area contributed by atoms with Crippen LogP contribution in [0.25, 0.3) is 0 Å². The Morgan fingerprint density at radius 2 is 2.09 bits per heavy atom. The molecule has 0 aromatic rings. The van der Waals surface area contributed by atoms with Gasteiger partial charge in [-0.15, -0.1) is 0 Å². The molecule has 0 saturated carbocycles. The van der Waals surface area contributed by atoms with Crippen LogP contribution in [0.5, 0.6) is 0 Å². The van der Waals surface area contributed by atoms with Gasteiger partial charge >= 0.3 is 0 Å². The second kappa shape index (κ2) is 2.71. The SMILES string of the molecule is NC1CN(C2COCC2O)C1. The summed E-state index contributed by atoms with van der Waals surface area (Å²) >= 11 is 0. The third kappa shape index (κ3) is 1.27. The summed E-state index contributed by atoms with van der Waals surface area (Å²) in [7, 11) is 0. The van der Waals surface area contributed by atoms with Crippen LogP contribution in [0, 0.1) is 0 Å². The van der Waals surface area contributed by atoms with E-state index in [0.29, 0.717) is 19.3 Å². The van der Waals surface area contributed by atoms with Crippen LogP contribution >= 0.6 is 0 Å². The van der Waals surface area contributed by atoms with Crippen molar-refractivity contribution in [2.24, 2.45) is 5.73 Å². The number of ether oxygens (including phenoxy) is 1. The van der Waals surface area contributed by atoms with Crippen molar-refractivity contribution in [2.45, 2.75) is 18.2 Å². The Morgan fingerprint density at radius 1 is 1.36 bits per heavy atom. The fraction of sp³-hybridized carbons (Fsp3) is 1.00. The van der Waals surface area contributed by atoms with Crippen LogP contribution in [0.1, 0.15) is 0 Å². The lowest BCUT2D eigenvalue weighted by atomic mass is 10.0. The molecule has 0 aliphatic carbocycles. The molecule has 0 aromatic heterocycles. The standard InChI is InChI=1S/C7H14N2O2/c8-5-1-9(2-5)6-3-11-4-7(6)10/h5-7,10H,1-4,8H2. The number of hydrogen-bond donors (Lipinski definition) is 2. The van der Waals surface area contributed by atoms with Crippen molar-refractivity contribution < 1.29 is 9.84 Å². The number of aliphatic hydroxyl groups is 1. The second-order valence-corrected chi connectivity index (χ2v) is 3.39. The molecule has 11 heavy (non-hydrogen) atoms. The second-order valence-electron chi connectivity index (χ2n) is 3.39. The van der Waals surface area contributed by atoms with Gasteiger partial charge in [0.05, 0.1) is 25.4 Å². The maximum absolute atomic E-state index is 9.40. The highest BCUT2D eigenvalue weighted by Gasteiger charge is 2.37. The number of nitrogens with zero attached hydrogens (tertiary/aromatic N) is 1. The van der Waals surface area contributed by atoms with E-state index in [-0.39, 0.29) is 12.1 Å². The molecule has 2 atom stereocenters. The third-order valence-electron chi connectivity index (χ3n) is 2.43. The Balaban J connectivity index is 1.85. The Labute approximate surface area is 65.9 Å². The van der Waals surface area contributed by atoms with Crippen molar-refractivity contribution in [1.29, 1.82) is 0 Å². The van der Waals surface area contributed by atoms with E-state index in [0.717, 1.165) is 13.1 Å². The molecule has 64 valence electrons. The van der Waals surface area contributed by atoms with E-state index in [9.17, 15) is 5.11 Å². The van der Waals surface area contributed by atoms with Crippen molar-refractivity contribution in [3.05, 3.63) is 0 Å². The molecule has 3 N–H and O–H groups in total. The summed E-state index contributed by atoms with van der Waals surface area (Å²) < 4.78 is 5.13. The van der Waals surface area contributed by atoms with Gasteiger partial charge in [-0.25, -0.2) is 0 Å². The molecule has 2 aliphatic rings. The molecule has 0 radical (unpaired) electrons. The minimum Gasteiger partial charge on any atom is -0.389 e. The zero-order valence-electron chi connectivity index (χ0n) is 6.44. The first kappa shape index (κ1) is 7.49. The first-order valence-corrected chi connectivity index (χ1v) is 4.03. The molecule has 2 saturated heterocycles. The van der Waals surface area contributed by atoms with Crippen LogP contribution in [0.15, 0.2) is 0 Å². The molecule has 0 aromatic carbocycles. The summed E-state index contributed by atoms with van der Waals surface area (Å²) in [5.74, 6) is 0. The molecular weight excluding hydrogens is 144 g/mol. The van der Waals surface area contributed by atoms with E-state index >= 15 is 0 Å². The number of rotatable bonds is 1. The molecule has 2 unspecified atom stereocenters. The summed E-state index contributed by atoms with van der Waals surface area (Å²) in [5, 5.41) is 9.40. The number of likely N-dealkylation sites (tertiary alicyclic amines) is 1. The minimum absolute atomic E-state index is 0.204. The lowest BCUT2D eigenvalue weighted by Gasteiger charge is -2.41. The quantitative estimate of drug-likeness (QED) is 0.482. The number of nitrogens with two attached hydrogens (primary N) is 1. The monoisotopic (exact) mass is 158 g/mol. The lowest BCUT2D eigenvalue weighted by molar-refractivity contribution is 0.0325. The van der Waals surface area contributed by atoms with E-state index in [1.807, 2.05) is 0 Å². The van der Waals surface area contributed by atoms with Gasteiger partial charge < -0.3 is 15.6 Å². The van der Waals surface area contributed by atoms with Crippen LogP contribution in [-0.4, -0.2) is 54.5 Å². The van der Waals surface area contributed by atoms with Crippen molar-refractivity contribution in [3.63, 3.8) is 0 Å². The summed E-state index contributed by atoms with van der Waals surface area (Å²) in [5.41, 5.74) is 5.62. The maximum atomic E-state index is 9.40. The van der Waals surface area contributed by atoms with Gasteiger partial charge in [-0.2, -0.15) is 0 Å². The normalized spacial score (nSPS) is 40.9. The van der Waals surface area contributed by atoms with E-state index < -0.39 is 0 Å². The molecule has 0 spiro atoms. The van der Waals surface area contributed by atoms with Gasteiger partial charge in [-0.3, -0.25) is 4.90 Å². The van der Waals surface area contributed by atoms with Gasteiger partial charge in [0.25, 0.3) is 0 Å². The molecule has 0 bridgehead atoms. The van der Waals surface area contributed by atoms with Crippen molar-refractivity contribution >= 4 is 0 Å². The molecule has 4 nitrogen and oxygen atoms in total. The summed E-state index contributed by atoms with van der Waals surface area (Å²) in [6.45, 7) is 2.96. The smallest absolute Gasteiger partial charge is 0.0950 e. The van der Waals surface area contributed by atoms with Crippen LogP contribution in [0.2, 0.25) is 0 Å². The molecule has 2 fully saturated rings. The zero-order valence-corrected chi connectivity index (χ0v) is 6.44. The highest BCUT2D eigenvalue weighted by Crippen LogP contribution is 2.18.